The number of nitrogen functional groups attached to an aromatic ring is 1. The Morgan fingerprint density at radius 3 is 2.50 bits per heavy atom. The number of esters is 2. The molecule has 3 heterocycles. The van der Waals surface area contributed by atoms with E-state index in [1.807, 2.05) is 6.26 Å². The van der Waals surface area contributed by atoms with Crippen molar-refractivity contribution < 1.29 is 23.8 Å². The molecule has 0 radical (unpaired) electrons. The third kappa shape index (κ3) is 3.90. The van der Waals surface area contributed by atoms with Crippen molar-refractivity contribution in [2.24, 2.45) is 0 Å². The number of hydrogen-bond acceptors (Lipinski definition) is 10. The zero-order chi connectivity index (χ0) is 20.3. The third-order valence-corrected chi connectivity index (χ3v) is 5.05. The van der Waals surface area contributed by atoms with Gasteiger partial charge in [0, 0.05) is 18.6 Å². The molecule has 2 aromatic heterocycles. The SMILES string of the molecule is CCC(=O)OC1[C@@H](CSC)O[C@@H](n2cnc3c(N)ncnc32)[C@H]1OC(=O)CC. The van der Waals surface area contributed by atoms with Gasteiger partial charge in [0.05, 0.1) is 6.33 Å². The lowest BCUT2D eigenvalue weighted by Gasteiger charge is -2.24. The summed E-state index contributed by atoms with van der Waals surface area (Å²) in [5.74, 6) is -0.0137. The number of hydrogen-bond donors (Lipinski definition) is 1. The second-order valence-electron chi connectivity index (χ2n) is 6.22. The number of rotatable bonds is 7. The van der Waals surface area contributed by atoms with Crippen LogP contribution in [0.3, 0.4) is 0 Å². The van der Waals surface area contributed by atoms with Gasteiger partial charge in [0.1, 0.15) is 17.9 Å². The predicted molar refractivity (Wildman–Crippen MR) is 102 cm³/mol. The number of fused-ring (bicyclic) bond motifs is 1. The highest BCUT2D eigenvalue weighted by atomic mass is 32.2. The van der Waals surface area contributed by atoms with Crippen LogP contribution < -0.4 is 5.73 Å². The highest BCUT2D eigenvalue weighted by Crippen LogP contribution is 2.37. The van der Waals surface area contributed by atoms with Gasteiger partial charge >= 0.3 is 11.9 Å². The first-order valence-electron chi connectivity index (χ1n) is 8.96. The van der Waals surface area contributed by atoms with E-state index < -0.39 is 30.5 Å². The quantitative estimate of drug-likeness (QED) is 0.668. The smallest absolute Gasteiger partial charge is 0.306 e. The third-order valence-electron chi connectivity index (χ3n) is 4.39. The highest BCUT2D eigenvalue weighted by Gasteiger charge is 2.50. The van der Waals surface area contributed by atoms with Gasteiger partial charge < -0.3 is 19.9 Å². The van der Waals surface area contributed by atoms with E-state index in [0.29, 0.717) is 16.9 Å². The van der Waals surface area contributed by atoms with E-state index in [1.165, 1.54) is 12.7 Å². The second-order valence-corrected chi connectivity index (χ2v) is 7.13. The molecule has 0 spiro atoms. The summed E-state index contributed by atoms with van der Waals surface area (Å²) in [6.07, 6.45) is 2.35. The molecular weight excluding hydrogens is 386 g/mol. The minimum absolute atomic E-state index is 0.185. The fraction of sp³-hybridized carbons (Fsp3) is 0.588. The monoisotopic (exact) mass is 409 g/mol. The lowest BCUT2D eigenvalue weighted by Crippen LogP contribution is -2.40. The Labute approximate surface area is 166 Å². The lowest BCUT2D eigenvalue weighted by molar-refractivity contribution is -0.167. The molecule has 1 fully saturated rings. The maximum Gasteiger partial charge on any atom is 0.306 e. The van der Waals surface area contributed by atoms with Crippen molar-refractivity contribution in [2.75, 3.05) is 17.7 Å². The molecule has 152 valence electrons. The van der Waals surface area contributed by atoms with Crippen LogP contribution in [0.4, 0.5) is 5.82 Å². The van der Waals surface area contributed by atoms with E-state index in [2.05, 4.69) is 15.0 Å². The fourth-order valence-electron chi connectivity index (χ4n) is 3.02. The molecule has 1 unspecified atom stereocenters. The molecule has 11 heteroatoms. The number of aromatic nitrogens is 4. The molecule has 2 aromatic rings. The molecule has 1 aliphatic heterocycles. The van der Waals surface area contributed by atoms with Gasteiger partial charge in [-0.15, -0.1) is 0 Å². The lowest BCUT2D eigenvalue weighted by atomic mass is 10.1. The highest BCUT2D eigenvalue weighted by molar-refractivity contribution is 7.98. The maximum absolute atomic E-state index is 12.1. The van der Waals surface area contributed by atoms with Crippen LogP contribution in [0, 0.1) is 0 Å². The Morgan fingerprint density at radius 1 is 1.18 bits per heavy atom. The fourth-order valence-corrected chi connectivity index (χ4v) is 3.62. The van der Waals surface area contributed by atoms with Gasteiger partial charge in [-0.1, -0.05) is 13.8 Å². The van der Waals surface area contributed by atoms with E-state index in [1.54, 1.807) is 30.2 Å². The molecule has 10 nitrogen and oxygen atoms in total. The van der Waals surface area contributed by atoms with E-state index in [-0.39, 0.29) is 24.6 Å². The number of thioether (sulfide) groups is 1. The Hall–Kier alpha value is -2.40. The van der Waals surface area contributed by atoms with Crippen LogP contribution in [0.25, 0.3) is 11.2 Å². The Balaban J connectivity index is 2.02. The number of anilines is 1. The molecule has 2 N–H and O–H groups in total. The Morgan fingerprint density at radius 2 is 1.86 bits per heavy atom. The van der Waals surface area contributed by atoms with Crippen LogP contribution in [0.2, 0.25) is 0 Å². The van der Waals surface area contributed by atoms with Crippen molar-refractivity contribution >= 4 is 40.7 Å². The summed E-state index contributed by atoms with van der Waals surface area (Å²) in [7, 11) is 0. The van der Waals surface area contributed by atoms with E-state index in [9.17, 15) is 9.59 Å². The summed E-state index contributed by atoms with van der Waals surface area (Å²) in [6.45, 7) is 3.40. The summed E-state index contributed by atoms with van der Waals surface area (Å²) in [5.41, 5.74) is 6.73. The van der Waals surface area contributed by atoms with Crippen LogP contribution in [0.1, 0.15) is 32.9 Å². The molecule has 0 amide bonds. The van der Waals surface area contributed by atoms with Gasteiger partial charge in [0.15, 0.2) is 29.9 Å². The second kappa shape index (κ2) is 8.74. The van der Waals surface area contributed by atoms with E-state index in [4.69, 9.17) is 19.9 Å². The number of carbonyl (C=O) groups is 2. The molecule has 0 aliphatic carbocycles. The van der Waals surface area contributed by atoms with Gasteiger partial charge in [0.25, 0.3) is 0 Å². The molecule has 28 heavy (non-hydrogen) atoms. The van der Waals surface area contributed by atoms with Crippen molar-refractivity contribution in [3.63, 3.8) is 0 Å². The summed E-state index contributed by atoms with van der Waals surface area (Å²) in [5, 5.41) is 0. The number of imidazole rings is 1. The molecule has 0 bridgehead atoms. The van der Waals surface area contributed by atoms with Crippen molar-refractivity contribution in [2.45, 2.75) is 51.2 Å². The standard InChI is InChI=1S/C17H23N5O5S/c1-4-10(23)26-13-9(6-28-3)25-17(14(13)27-11(24)5-2)22-8-21-12-15(18)19-7-20-16(12)22/h7-9,13-14,17H,4-6H2,1-3H3,(H2,18,19,20)/t9-,13?,14+,17-/m1/s1. The number of carbonyl (C=O) groups excluding carboxylic acids is 2. The van der Waals surface area contributed by atoms with E-state index >= 15 is 0 Å². The minimum atomic E-state index is -0.839. The molecule has 1 aliphatic rings. The summed E-state index contributed by atoms with van der Waals surface area (Å²) in [4.78, 5) is 36.5. The van der Waals surface area contributed by atoms with Gasteiger partial charge in [-0.3, -0.25) is 14.2 Å². The molecule has 3 rings (SSSR count). The van der Waals surface area contributed by atoms with Crippen LogP contribution >= 0.6 is 11.8 Å². The van der Waals surface area contributed by atoms with Crippen molar-refractivity contribution in [1.29, 1.82) is 0 Å². The predicted octanol–water partition coefficient (Wildman–Crippen LogP) is 1.31. The molecule has 0 saturated carbocycles. The van der Waals surface area contributed by atoms with Crippen LogP contribution in [0.5, 0.6) is 0 Å². The average molecular weight is 409 g/mol. The largest absolute Gasteiger partial charge is 0.455 e. The first kappa shape index (κ1) is 20.3. The topological polar surface area (TPSA) is 131 Å². The summed E-state index contributed by atoms with van der Waals surface area (Å²) < 4.78 is 19.0. The molecule has 1 saturated heterocycles. The maximum atomic E-state index is 12.1. The van der Waals surface area contributed by atoms with Gasteiger partial charge in [-0.2, -0.15) is 11.8 Å². The minimum Gasteiger partial charge on any atom is -0.455 e. The summed E-state index contributed by atoms with van der Waals surface area (Å²) >= 11 is 1.54. The first-order chi connectivity index (χ1) is 13.5. The normalized spacial score (nSPS) is 24.4. The first-order valence-corrected chi connectivity index (χ1v) is 10.4. The number of ether oxygens (including phenoxy) is 3. The van der Waals surface area contributed by atoms with Crippen molar-refractivity contribution in [1.82, 2.24) is 19.5 Å². The Bertz CT molecular complexity index is 860. The zero-order valence-electron chi connectivity index (χ0n) is 15.9. The zero-order valence-corrected chi connectivity index (χ0v) is 16.7. The average Bonchev–Trinajstić information content (AvgIpc) is 3.25. The van der Waals surface area contributed by atoms with Gasteiger partial charge in [0.2, 0.25) is 0 Å². The molecule has 4 atom stereocenters. The summed E-state index contributed by atoms with van der Waals surface area (Å²) in [6, 6.07) is 0. The Kier molecular flexibility index (Phi) is 6.35. The molecular formula is C17H23N5O5S. The van der Waals surface area contributed by atoms with Crippen LogP contribution in [-0.4, -0.2) is 61.8 Å². The van der Waals surface area contributed by atoms with E-state index in [0.717, 1.165) is 0 Å². The van der Waals surface area contributed by atoms with Crippen molar-refractivity contribution in [3.8, 4) is 0 Å². The number of nitrogens with two attached hydrogens (primary N) is 1. The van der Waals surface area contributed by atoms with Crippen LogP contribution in [-0.2, 0) is 23.8 Å². The van der Waals surface area contributed by atoms with Gasteiger partial charge in [-0.05, 0) is 6.26 Å². The molecule has 0 aromatic carbocycles. The van der Waals surface area contributed by atoms with Crippen molar-refractivity contribution in [3.05, 3.63) is 12.7 Å². The number of nitrogens with zero attached hydrogens (tertiary/aromatic N) is 4. The van der Waals surface area contributed by atoms with Crippen LogP contribution in [0.15, 0.2) is 12.7 Å². The van der Waals surface area contributed by atoms with Gasteiger partial charge in [-0.25, -0.2) is 15.0 Å².